The van der Waals surface area contributed by atoms with E-state index in [1.165, 1.54) is 11.8 Å². The molecule has 2 amide bonds. The van der Waals surface area contributed by atoms with Gasteiger partial charge in [0.2, 0.25) is 0 Å². The minimum Gasteiger partial charge on any atom is -0.333 e. The number of anilines is 2. The van der Waals surface area contributed by atoms with Gasteiger partial charge in [0.05, 0.1) is 21.4 Å². The molecule has 0 unspecified atom stereocenters. The third-order valence-corrected chi connectivity index (χ3v) is 4.92. The molecule has 118 valence electrons. The molecule has 0 aliphatic carbocycles. The lowest BCUT2D eigenvalue weighted by atomic mass is 10.0. The maximum Gasteiger partial charge on any atom is 0.326 e. The van der Waals surface area contributed by atoms with Gasteiger partial charge in [-0.15, -0.1) is 0 Å². The lowest BCUT2D eigenvalue weighted by Crippen LogP contribution is -2.41. The lowest BCUT2D eigenvalue weighted by molar-refractivity contribution is 0.101. The zero-order chi connectivity index (χ0) is 16.7. The number of hydrogen-bond acceptors (Lipinski definition) is 2. The highest BCUT2D eigenvalue weighted by Gasteiger charge is 2.30. The average molecular weight is 414 g/mol. The Kier molecular flexibility index (Phi) is 4.36. The fraction of sp³-hybridized carbons (Fsp3) is 0.125. The number of carbonyl (C=O) groups excluding carboxylic acids is 2. The third-order valence-electron chi connectivity index (χ3n) is 3.60. The van der Waals surface area contributed by atoms with Crippen LogP contribution in [0.5, 0.6) is 0 Å². The largest absolute Gasteiger partial charge is 0.333 e. The van der Waals surface area contributed by atoms with Crippen LogP contribution in [0.15, 0.2) is 34.8 Å². The third kappa shape index (κ3) is 2.84. The minimum atomic E-state index is -0.347. The smallest absolute Gasteiger partial charge is 0.326 e. The van der Waals surface area contributed by atoms with Crippen molar-refractivity contribution in [3.8, 4) is 0 Å². The van der Waals surface area contributed by atoms with E-state index < -0.39 is 0 Å². The van der Waals surface area contributed by atoms with E-state index in [9.17, 15) is 9.59 Å². The van der Waals surface area contributed by atoms with Gasteiger partial charge in [-0.3, -0.25) is 9.69 Å². The van der Waals surface area contributed by atoms with Crippen LogP contribution in [0.1, 0.15) is 22.8 Å². The molecule has 0 saturated carbocycles. The molecule has 1 aliphatic heterocycles. The van der Waals surface area contributed by atoms with Crippen molar-refractivity contribution in [2.75, 3.05) is 4.90 Å². The summed E-state index contributed by atoms with van der Waals surface area (Å²) in [5.74, 6) is -0.0929. The van der Waals surface area contributed by atoms with Gasteiger partial charge in [-0.1, -0.05) is 45.2 Å². The first-order valence-corrected chi connectivity index (χ1v) is 8.30. The molecule has 0 radical (unpaired) electrons. The first-order valence-electron chi connectivity index (χ1n) is 6.75. The first-order chi connectivity index (χ1) is 10.9. The summed E-state index contributed by atoms with van der Waals surface area (Å²) in [5.41, 5.74) is 2.33. The molecule has 0 fully saturated rings. The summed E-state index contributed by atoms with van der Waals surface area (Å²) in [5, 5.41) is 3.49. The maximum absolute atomic E-state index is 12.5. The van der Waals surface area contributed by atoms with E-state index in [4.69, 9.17) is 23.2 Å². The van der Waals surface area contributed by atoms with Crippen molar-refractivity contribution in [1.29, 1.82) is 0 Å². The second-order valence-corrected chi connectivity index (χ2v) is 6.75. The van der Waals surface area contributed by atoms with E-state index in [1.807, 2.05) is 0 Å². The van der Waals surface area contributed by atoms with Crippen LogP contribution in [0.2, 0.25) is 10.0 Å². The fourth-order valence-corrected chi connectivity index (χ4v) is 3.63. The van der Waals surface area contributed by atoms with E-state index in [1.54, 1.807) is 30.3 Å². The van der Waals surface area contributed by atoms with Crippen LogP contribution in [0, 0.1) is 0 Å². The highest BCUT2D eigenvalue weighted by molar-refractivity contribution is 9.10. The Labute approximate surface area is 151 Å². The normalized spacial score (nSPS) is 13.6. The van der Waals surface area contributed by atoms with E-state index in [-0.39, 0.29) is 11.8 Å². The molecule has 1 heterocycles. The van der Waals surface area contributed by atoms with Crippen molar-refractivity contribution in [3.05, 3.63) is 56.0 Å². The summed E-state index contributed by atoms with van der Waals surface area (Å²) in [6, 6.07) is 8.10. The van der Waals surface area contributed by atoms with Gasteiger partial charge in [-0.05, 0) is 31.2 Å². The number of fused-ring (bicyclic) bond motifs is 1. The van der Waals surface area contributed by atoms with Gasteiger partial charge >= 0.3 is 6.03 Å². The van der Waals surface area contributed by atoms with Crippen molar-refractivity contribution < 1.29 is 9.59 Å². The van der Waals surface area contributed by atoms with Gasteiger partial charge in [0.25, 0.3) is 0 Å². The molecule has 2 aromatic rings. The van der Waals surface area contributed by atoms with Crippen LogP contribution in [0.3, 0.4) is 0 Å². The number of halogens is 3. The summed E-state index contributed by atoms with van der Waals surface area (Å²) in [4.78, 5) is 25.6. The highest BCUT2D eigenvalue weighted by Crippen LogP contribution is 2.42. The van der Waals surface area contributed by atoms with Crippen LogP contribution in [-0.4, -0.2) is 11.8 Å². The van der Waals surface area contributed by atoms with Crippen LogP contribution >= 0.6 is 39.1 Å². The molecule has 0 bridgehead atoms. The van der Waals surface area contributed by atoms with E-state index in [0.717, 1.165) is 10.0 Å². The molecule has 1 aliphatic rings. The summed E-state index contributed by atoms with van der Waals surface area (Å²) in [6.45, 7) is 1.83. The Hall–Kier alpha value is -1.56. The topological polar surface area (TPSA) is 49.4 Å². The molecule has 0 aromatic heterocycles. The number of amides is 2. The molecule has 0 atom stereocenters. The van der Waals surface area contributed by atoms with Crippen molar-refractivity contribution in [2.24, 2.45) is 0 Å². The van der Waals surface area contributed by atoms with Gasteiger partial charge in [-0.2, -0.15) is 0 Å². The van der Waals surface area contributed by atoms with Crippen LogP contribution in [-0.2, 0) is 6.54 Å². The summed E-state index contributed by atoms with van der Waals surface area (Å²) >= 11 is 16.0. The number of hydrogen-bond donors (Lipinski definition) is 1. The number of carbonyl (C=O) groups is 2. The fourth-order valence-electron chi connectivity index (χ4n) is 2.48. The molecule has 2 aromatic carbocycles. The zero-order valence-corrected chi connectivity index (χ0v) is 15.1. The Morgan fingerprint density at radius 2 is 1.91 bits per heavy atom. The Morgan fingerprint density at radius 1 is 1.26 bits per heavy atom. The number of Topliss-reactive ketones (excluding diaryl/α,β-unsaturated/α-hetero) is 1. The molecular formula is C16H11BrCl2N2O2. The highest BCUT2D eigenvalue weighted by atomic mass is 79.9. The van der Waals surface area contributed by atoms with Gasteiger partial charge in [0.1, 0.15) is 0 Å². The summed E-state index contributed by atoms with van der Waals surface area (Å²) in [6.07, 6.45) is 0. The van der Waals surface area contributed by atoms with Crippen molar-refractivity contribution >= 4 is 62.3 Å². The van der Waals surface area contributed by atoms with Gasteiger partial charge in [-0.25, -0.2) is 4.79 Å². The van der Waals surface area contributed by atoms with E-state index in [2.05, 4.69) is 21.2 Å². The first kappa shape index (κ1) is 16.3. The maximum atomic E-state index is 12.5. The van der Waals surface area contributed by atoms with E-state index in [0.29, 0.717) is 33.5 Å². The second-order valence-electron chi connectivity index (χ2n) is 5.08. The van der Waals surface area contributed by atoms with Crippen molar-refractivity contribution in [2.45, 2.75) is 13.5 Å². The number of nitrogens with zero attached hydrogens (tertiary/aromatic N) is 1. The average Bonchev–Trinajstić information content (AvgIpc) is 2.48. The number of ketones is 1. The molecular weight excluding hydrogens is 403 g/mol. The number of nitrogens with one attached hydrogen (secondary N) is 1. The van der Waals surface area contributed by atoms with Gasteiger partial charge in [0, 0.05) is 22.1 Å². The number of benzene rings is 2. The molecule has 4 nitrogen and oxygen atoms in total. The van der Waals surface area contributed by atoms with Gasteiger partial charge in [0.15, 0.2) is 5.78 Å². The number of rotatable bonds is 2. The molecule has 23 heavy (non-hydrogen) atoms. The SMILES string of the molecule is CC(=O)c1cc(Br)c2c(c1)N(c1c(Cl)cccc1Cl)C(=O)NC2. The standard InChI is InChI=1S/C16H11BrCl2N2O2/c1-8(22)9-5-11(17)10-7-20-16(23)21(14(10)6-9)15-12(18)3-2-4-13(15)19/h2-6H,7H2,1H3,(H,20,23). The Morgan fingerprint density at radius 3 is 2.52 bits per heavy atom. The molecule has 0 saturated heterocycles. The van der Waals surface area contributed by atoms with Crippen molar-refractivity contribution in [1.82, 2.24) is 5.32 Å². The predicted molar refractivity (Wildman–Crippen MR) is 95.0 cm³/mol. The molecule has 3 rings (SSSR count). The van der Waals surface area contributed by atoms with E-state index >= 15 is 0 Å². The number of para-hydroxylation sites is 1. The number of urea groups is 1. The van der Waals surface area contributed by atoms with Crippen LogP contribution in [0.25, 0.3) is 0 Å². The van der Waals surface area contributed by atoms with Crippen LogP contribution < -0.4 is 10.2 Å². The van der Waals surface area contributed by atoms with Crippen molar-refractivity contribution in [3.63, 3.8) is 0 Å². The summed E-state index contributed by atoms with van der Waals surface area (Å²) in [7, 11) is 0. The monoisotopic (exact) mass is 412 g/mol. The second kappa shape index (κ2) is 6.15. The Bertz CT molecular complexity index is 819. The lowest BCUT2D eigenvalue weighted by Gasteiger charge is -2.32. The summed E-state index contributed by atoms with van der Waals surface area (Å²) < 4.78 is 0.744. The molecule has 7 heteroatoms. The predicted octanol–water partition coefficient (Wildman–Crippen LogP) is 5.32. The zero-order valence-electron chi connectivity index (χ0n) is 12.0. The van der Waals surface area contributed by atoms with Crippen LogP contribution in [0.4, 0.5) is 16.2 Å². The molecule has 1 N–H and O–H groups in total. The minimum absolute atomic E-state index is 0.0929. The van der Waals surface area contributed by atoms with Gasteiger partial charge < -0.3 is 5.32 Å². The molecule has 0 spiro atoms. The Balaban J connectivity index is 2.28. The quantitative estimate of drug-likeness (QED) is 0.677.